The molecule has 0 radical (unpaired) electrons. The van der Waals surface area contributed by atoms with Crippen LogP contribution in [-0.2, 0) is 26.2 Å². The van der Waals surface area contributed by atoms with E-state index in [2.05, 4.69) is 21.2 Å². The van der Waals surface area contributed by atoms with E-state index in [4.69, 9.17) is 11.6 Å². The Morgan fingerprint density at radius 1 is 1.10 bits per heavy atom. The van der Waals surface area contributed by atoms with Crippen molar-refractivity contribution in [1.29, 1.82) is 0 Å². The fraction of sp³-hybridized carbons (Fsp3) is 0.300. The summed E-state index contributed by atoms with van der Waals surface area (Å²) < 4.78 is 26.6. The zero-order valence-electron chi connectivity index (χ0n) is 16.8. The quantitative estimate of drug-likeness (QED) is 0.584. The number of benzene rings is 2. The molecule has 2 amide bonds. The second-order valence-electron chi connectivity index (χ2n) is 6.68. The molecule has 1 N–H and O–H groups in total. The molecule has 2 aromatic rings. The number of carbonyl (C=O) groups is 2. The highest BCUT2D eigenvalue weighted by Crippen LogP contribution is 2.21. The maximum absolute atomic E-state index is 13.2. The monoisotopic (exact) mass is 515 g/mol. The van der Waals surface area contributed by atoms with Crippen molar-refractivity contribution in [2.75, 3.05) is 24.2 Å². The first-order valence-corrected chi connectivity index (χ1v) is 12.0. The van der Waals surface area contributed by atoms with Crippen LogP contribution in [0.2, 0.25) is 5.02 Å². The fourth-order valence-electron chi connectivity index (χ4n) is 2.80. The molecule has 7 nitrogen and oxygen atoms in total. The summed E-state index contributed by atoms with van der Waals surface area (Å²) in [6.07, 6.45) is 1.02. The Hall–Kier alpha value is -2.10. The van der Waals surface area contributed by atoms with Crippen molar-refractivity contribution >= 4 is 55.1 Å². The summed E-state index contributed by atoms with van der Waals surface area (Å²) in [5.74, 6) is -0.854. The number of rotatable bonds is 8. The maximum Gasteiger partial charge on any atom is 0.244 e. The number of likely N-dealkylation sites (N-methyl/N-ethyl adjacent to an activating group) is 1. The predicted molar refractivity (Wildman–Crippen MR) is 122 cm³/mol. The molecular weight excluding hydrogens is 494 g/mol. The molecule has 162 valence electrons. The number of carbonyl (C=O) groups excluding carboxylic acids is 2. The van der Waals surface area contributed by atoms with Gasteiger partial charge in [0.2, 0.25) is 21.8 Å². The Labute approximate surface area is 190 Å². The van der Waals surface area contributed by atoms with Crippen LogP contribution in [0.25, 0.3) is 0 Å². The number of nitrogens with one attached hydrogen (secondary N) is 1. The molecule has 2 rings (SSSR count). The molecule has 0 saturated carbocycles. The van der Waals surface area contributed by atoms with Crippen molar-refractivity contribution in [2.45, 2.75) is 19.5 Å². The number of nitrogens with zero attached hydrogens (tertiary/aromatic N) is 2. The van der Waals surface area contributed by atoms with Gasteiger partial charge in [0, 0.05) is 23.1 Å². The molecule has 0 heterocycles. The van der Waals surface area contributed by atoms with E-state index in [1.54, 1.807) is 19.1 Å². The van der Waals surface area contributed by atoms with Crippen LogP contribution < -0.4 is 9.62 Å². The summed E-state index contributed by atoms with van der Waals surface area (Å²) in [7, 11) is -2.27. The van der Waals surface area contributed by atoms with Crippen LogP contribution in [0.4, 0.5) is 5.69 Å². The van der Waals surface area contributed by atoms with E-state index < -0.39 is 28.5 Å². The Morgan fingerprint density at radius 3 is 2.17 bits per heavy atom. The highest BCUT2D eigenvalue weighted by Gasteiger charge is 2.29. The molecule has 1 atom stereocenters. The molecule has 0 bridgehead atoms. The van der Waals surface area contributed by atoms with Gasteiger partial charge in [-0.25, -0.2) is 8.42 Å². The van der Waals surface area contributed by atoms with Gasteiger partial charge in [-0.05, 0) is 48.9 Å². The van der Waals surface area contributed by atoms with Crippen LogP contribution in [0.3, 0.4) is 0 Å². The van der Waals surface area contributed by atoms with Gasteiger partial charge in [-0.15, -0.1) is 0 Å². The van der Waals surface area contributed by atoms with Crippen LogP contribution in [0.15, 0.2) is 53.0 Å². The van der Waals surface area contributed by atoms with Gasteiger partial charge in [0.05, 0.1) is 11.9 Å². The first kappa shape index (κ1) is 24.2. The predicted octanol–water partition coefficient (Wildman–Crippen LogP) is 3.03. The molecule has 10 heteroatoms. The average Bonchev–Trinajstić information content (AvgIpc) is 2.70. The summed E-state index contributed by atoms with van der Waals surface area (Å²) in [4.78, 5) is 26.8. The molecule has 30 heavy (non-hydrogen) atoms. The highest BCUT2D eigenvalue weighted by molar-refractivity contribution is 9.10. The van der Waals surface area contributed by atoms with E-state index in [9.17, 15) is 18.0 Å². The first-order chi connectivity index (χ1) is 14.0. The Morgan fingerprint density at radius 2 is 1.67 bits per heavy atom. The lowest BCUT2D eigenvalue weighted by atomic mass is 10.1. The number of halogens is 2. The summed E-state index contributed by atoms with van der Waals surface area (Å²) in [5.41, 5.74) is 1.12. The van der Waals surface area contributed by atoms with Gasteiger partial charge in [-0.3, -0.25) is 13.9 Å². The van der Waals surface area contributed by atoms with Crippen LogP contribution >= 0.6 is 27.5 Å². The average molecular weight is 517 g/mol. The van der Waals surface area contributed by atoms with Crippen molar-refractivity contribution in [3.63, 3.8) is 0 Å². The van der Waals surface area contributed by atoms with E-state index in [0.29, 0.717) is 10.7 Å². The minimum Gasteiger partial charge on any atom is -0.357 e. The summed E-state index contributed by atoms with van der Waals surface area (Å²) in [6.45, 7) is 1.31. The van der Waals surface area contributed by atoms with Gasteiger partial charge in [0.25, 0.3) is 0 Å². The van der Waals surface area contributed by atoms with Gasteiger partial charge in [0.15, 0.2) is 0 Å². The van der Waals surface area contributed by atoms with Crippen molar-refractivity contribution in [3.8, 4) is 0 Å². The number of hydrogen-bond acceptors (Lipinski definition) is 4. The molecule has 0 aromatic heterocycles. The second-order valence-corrected chi connectivity index (χ2v) is 9.94. The lowest BCUT2D eigenvalue weighted by Gasteiger charge is -2.31. The molecule has 2 aromatic carbocycles. The minimum absolute atomic E-state index is 0.152. The fourth-order valence-corrected chi connectivity index (χ4v) is 4.04. The van der Waals surface area contributed by atoms with Gasteiger partial charge >= 0.3 is 0 Å². The van der Waals surface area contributed by atoms with Crippen molar-refractivity contribution in [1.82, 2.24) is 10.2 Å². The largest absolute Gasteiger partial charge is 0.357 e. The normalized spacial score (nSPS) is 12.2. The van der Waals surface area contributed by atoms with Gasteiger partial charge in [-0.1, -0.05) is 39.7 Å². The van der Waals surface area contributed by atoms with Crippen molar-refractivity contribution in [3.05, 3.63) is 63.6 Å². The van der Waals surface area contributed by atoms with Crippen LogP contribution in [0.5, 0.6) is 0 Å². The van der Waals surface area contributed by atoms with Gasteiger partial charge < -0.3 is 10.2 Å². The highest BCUT2D eigenvalue weighted by atomic mass is 79.9. The van der Waals surface area contributed by atoms with E-state index in [1.165, 1.54) is 24.1 Å². The van der Waals surface area contributed by atoms with E-state index in [-0.39, 0.29) is 12.5 Å². The zero-order valence-corrected chi connectivity index (χ0v) is 20.0. The van der Waals surface area contributed by atoms with Crippen LogP contribution in [-0.4, -0.2) is 51.0 Å². The molecule has 0 aliphatic carbocycles. The molecule has 0 fully saturated rings. The summed E-state index contributed by atoms with van der Waals surface area (Å²) >= 11 is 9.25. The second kappa shape index (κ2) is 10.3. The van der Waals surface area contributed by atoms with E-state index >= 15 is 0 Å². The maximum atomic E-state index is 13.2. The minimum atomic E-state index is -3.75. The van der Waals surface area contributed by atoms with Crippen molar-refractivity contribution in [2.24, 2.45) is 0 Å². The smallest absolute Gasteiger partial charge is 0.244 e. The van der Waals surface area contributed by atoms with E-state index in [1.807, 2.05) is 24.3 Å². The molecule has 0 spiro atoms. The number of amides is 2. The third kappa shape index (κ3) is 6.45. The molecule has 0 aliphatic rings. The lowest BCUT2D eigenvalue weighted by Crippen LogP contribution is -2.50. The van der Waals surface area contributed by atoms with Crippen LogP contribution in [0, 0.1) is 0 Å². The summed E-state index contributed by atoms with van der Waals surface area (Å²) in [6, 6.07) is 12.7. The van der Waals surface area contributed by atoms with Crippen LogP contribution in [0.1, 0.15) is 12.5 Å². The summed E-state index contributed by atoms with van der Waals surface area (Å²) in [5, 5.41) is 2.98. The first-order valence-electron chi connectivity index (χ1n) is 9.01. The topological polar surface area (TPSA) is 86.8 Å². The lowest BCUT2D eigenvalue weighted by molar-refractivity contribution is -0.139. The van der Waals surface area contributed by atoms with Gasteiger partial charge in [-0.2, -0.15) is 0 Å². The number of hydrogen-bond donors (Lipinski definition) is 1. The van der Waals surface area contributed by atoms with Gasteiger partial charge in [0.1, 0.15) is 12.6 Å². The third-order valence-electron chi connectivity index (χ3n) is 4.47. The third-order valence-corrected chi connectivity index (χ3v) is 6.39. The van der Waals surface area contributed by atoms with Crippen molar-refractivity contribution < 1.29 is 18.0 Å². The standard InChI is InChI=1S/C20H23BrClN3O4S/c1-14(20(27)23-2)24(12-15-4-6-16(21)7-5-15)19(26)13-25(30(3,28)29)18-10-8-17(22)9-11-18/h4-11,14H,12-13H2,1-3H3,(H,23,27)/t14-/m0/s1. The molecule has 0 saturated heterocycles. The number of sulfonamides is 1. The Kier molecular flexibility index (Phi) is 8.28. The van der Waals surface area contributed by atoms with E-state index in [0.717, 1.165) is 20.6 Å². The Bertz CT molecular complexity index is 998. The Balaban J connectivity index is 2.35. The number of anilines is 1. The molecular formula is C20H23BrClN3O4S. The molecule has 0 aliphatic heterocycles. The molecule has 0 unspecified atom stereocenters. The zero-order chi connectivity index (χ0) is 22.5. The SMILES string of the molecule is CNC(=O)[C@H](C)N(Cc1ccc(Br)cc1)C(=O)CN(c1ccc(Cl)cc1)S(C)(=O)=O.